The molecule has 2 aliphatic heterocycles. The second kappa shape index (κ2) is 8.65. The molecule has 2 heterocycles. The number of halogens is 1. The maximum atomic E-state index is 14.7. The summed E-state index contributed by atoms with van der Waals surface area (Å²) >= 11 is 0. The normalized spacial score (nSPS) is 19.4. The number of benzene rings is 1. The smallest absolute Gasteiger partial charge is 0.414 e. The van der Waals surface area contributed by atoms with E-state index in [9.17, 15) is 14.0 Å². The van der Waals surface area contributed by atoms with Gasteiger partial charge < -0.3 is 19.7 Å². The number of nitrogens with zero attached hydrogens (tertiary/aromatic N) is 4. The standard InChI is InChI=1S/C20H26FN5O4/c1-20(2,3)30-18(27)23-12-15-13-26(19(28)29-15)14-5-6-17(16(21)11-14)24-7-9-25(22-4)10-8-24/h5-6,11,15H,7-10,12-13H2,1-3H3,(H,23,27)/t15-/m0/s1. The zero-order chi connectivity index (χ0) is 21.9. The third-order valence-corrected chi connectivity index (χ3v) is 4.73. The number of ether oxygens (including phenoxy) is 2. The molecule has 0 spiro atoms. The monoisotopic (exact) mass is 419 g/mol. The molecule has 0 radical (unpaired) electrons. The molecule has 2 fully saturated rings. The van der Waals surface area contributed by atoms with Gasteiger partial charge in [0.15, 0.2) is 0 Å². The minimum atomic E-state index is -0.621. The van der Waals surface area contributed by atoms with Crippen molar-refractivity contribution >= 4 is 23.6 Å². The number of carbonyl (C=O) groups excluding carboxylic acids is 2. The maximum Gasteiger partial charge on any atom is 0.414 e. The van der Waals surface area contributed by atoms with Crippen LogP contribution < -0.4 is 15.1 Å². The number of alkyl carbamates (subject to hydrolysis) is 1. The summed E-state index contributed by atoms with van der Waals surface area (Å²) < 4.78 is 25.2. The van der Waals surface area contributed by atoms with Crippen molar-refractivity contribution in [3.8, 4) is 0 Å². The summed E-state index contributed by atoms with van der Waals surface area (Å²) in [5, 5.41) is 4.19. The van der Waals surface area contributed by atoms with Gasteiger partial charge in [-0.15, -0.1) is 5.01 Å². The van der Waals surface area contributed by atoms with Crippen LogP contribution in [0.3, 0.4) is 0 Å². The van der Waals surface area contributed by atoms with Gasteiger partial charge in [-0.25, -0.2) is 14.0 Å². The molecule has 9 nitrogen and oxygen atoms in total. The van der Waals surface area contributed by atoms with E-state index in [-0.39, 0.29) is 13.1 Å². The predicted octanol–water partition coefficient (Wildman–Crippen LogP) is 2.63. The van der Waals surface area contributed by atoms with E-state index >= 15 is 0 Å². The third kappa shape index (κ3) is 5.23. The van der Waals surface area contributed by atoms with Crippen LogP contribution in [0.2, 0.25) is 0 Å². The Morgan fingerprint density at radius 2 is 2.03 bits per heavy atom. The number of piperazine rings is 1. The van der Waals surface area contributed by atoms with Crippen LogP contribution in [0.5, 0.6) is 0 Å². The van der Waals surface area contributed by atoms with Gasteiger partial charge in [-0.1, -0.05) is 0 Å². The number of carbonyl (C=O) groups is 2. The summed E-state index contributed by atoms with van der Waals surface area (Å²) in [6.07, 6.45) is -1.75. The van der Waals surface area contributed by atoms with Crippen LogP contribution in [0.15, 0.2) is 18.2 Å². The van der Waals surface area contributed by atoms with Crippen molar-refractivity contribution in [2.75, 3.05) is 49.1 Å². The minimum Gasteiger partial charge on any atom is -0.444 e. The number of hydrogen-bond donors (Lipinski definition) is 1. The fourth-order valence-electron chi connectivity index (χ4n) is 3.31. The molecule has 0 unspecified atom stereocenters. The molecular weight excluding hydrogens is 393 g/mol. The van der Waals surface area contributed by atoms with Crippen LogP contribution in [-0.4, -0.2) is 68.2 Å². The zero-order valence-corrected chi connectivity index (χ0v) is 17.4. The van der Waals surface area contributed by atoms with Crippen LogP contribution in [0.1, 0.15) is 20.8 Å². The van der Waals surface area contributed by atoms with Crippen molar-refractivity contribution in [1.29, 1.82) is 0 Å². The first-order valence-corrected chi connectivity index (χ1v) is 9.78. The van der Waals surface area contributed by atoms with E-state index in [0.29, 0.717) is 37.6 Å². The number of rotatable bonds is 4. The number of nitrogens with one attached hydrogen (secondary N) is 1. The summed E-state index contributed by atoms with van der Waals surface area (Å²) in [4.78, 5) is 30.6. The molecule has 0 saturated carbocycles. The highest BCUT2D eigenvalue weighted by molar-refractivity contribution is 5.90. The van der Waals surface area contributed by atoms with E-state index in [1.165, 1.54) is 11.0 Å². The van der Waals surface area contributed by atoms with Gasteiger partial charge in [-0.05, 0) is 39.0 Å². The predicted molar refractivity (Wildman–Crippen MR) is 109 cm³/mol. The molecule has 2 saturated heterocycles. The van der Waals surface area contributed by atoms with Gasteiger partial charge in [-0.2, -0.15) is 11.5 Å². The average molecular weight is 419 g/mol. The largest absolute Gasteiger partial charge is 0.444 e. The molecule has 10 heteroatoms. The lowest BCUT2D eigenvalue weighted by molar-refractivity contribution is 0.0496. The van der Waals surface area contributed by atoms with Gasteiger partial charge in [0.2, 0.25) is 0 Å². The molecule has 0 bridgehead atoms. The highest BCUT2D eigenvalue weighted by Gasteiger charge is 2.33. The van der Waals surface area contributed by atoms with Crippen LogP contribution >= 0.6 is 0 Å². The molecular formula is C20H26FN5O4. The molecule has 1 N–H and O–H groups in total. The SMILES string of the molecule is [C-]#[N+]N1CCN(c2ccc(N3C[C@H](CNC(=O)OC(C)(C)C)OC3=O)cc2F)CC1. The molecule has 2 amide bonds. The van der Waals surface area contributed by atoms with Gasteiger partial charge in [-0.3, -0.25) is 4.90 Å². The molecule has 0 aromatic heterocycles. The Labute approximate surface area is 175 Å². The van der Waals surface area contributed by atoms with Crippen molar-refractivity contribution in [2.45, 2.75) is 32.5 Å². The van der Waals surface area contributed by atoms with Crippen LogP contribution in [0, 0.1) is 12.4 Å². The summed E-state index contributed by atoms with van der Waals surface area (Å²) in [5.74, 6) is -0.438. The molecule has 3 rings (SSSR count). The maximum absolute atomic E-state index is 14.7. The Bertz CT molecular complexity index is 843. The third-order valence-electron chi connectivity index (χ3n) is 4.73. The molecule has 30 heavy (non-hydrogen) atoms. The lowest BCUT2D eigenvalue weighted by Gasteiger charge is -2.31. The fraction of sp³-hybridized carbons (Fsp3) is 0.550. The van der Waals surface area contributed by atoms with Crippen molar-refractivity contribution in [3.05, 3.63) is 35.5 Å². The highest BCUT2D eigenvalue weighted by Crippen LogP contribution is 2.28. The Hall–Kier alpha value is -3.22. The number of hydrogen-bond acceptors (Lipinski definition) is 6. The van der Waals surface area contributed by atoms with Crippen molar-refractivity contribution in [3.63, 3.8) is 0 Å². The van der Waals surface area contributed by atoms with E-state index in [1.807, 2.05) is 4.90 Å². The minimum absolute atomic E-state index is 0.100. The first-order valence-electron chi connectivity index (χ1n) is 9.78. The van der Waals surface area contributed by atoms with Gasteiger partial charge in [0.1, 0.15) is 30.6 Å². The fourth-order valence-corrected chi connectivity index (χ4v) is 3.31. The van der Waals surface area contributed by atoms with Gasteiger partial charge in [0, 0.05) is 13.1 Å². The van der Waals surface area contributed by atoms with Crippen molar-refractivity contribution in [2.24, 2.45) is 0 Å². The molecule has 1 aromatic carbocycles. The topological polar surface area (TPSA) is 78.7 Å². The summed E-state index contributed by atoms with van der Waals surface area (Å²) in [5.41, 5.74) is 0.213. The Kier molecular flexibility index (Phi) is 6.20. The van der Waals surface area contributed by atoms with Crippen LogP contribution in [0.4, 0.5) is 25.4 Å². The molecule has 162 valence electrons. The Balaban J connectivity index is 1.58. The summed E-state index contributed by atoms with van der Waals surface area (Å²) in [6, 6.07) is 4.61. The second-order valence-electron chi connectivity index (χ2n) is 8.18. The van der Waals surface area contributed by atoms with E-state index < -0.39 is 29.7 Å². The van der Waals surface area contributed by atoms with Gasteiger partial charge in [0.25, 0.3) is 0 Å². The lowest BCUT2D eigenvalue weighted by Crippen LogP contribution is -2.43. The number of anilines is 2. The quantitative estimate of drug-likeness (QED) is 0.756. The molecule has 1 atom stereocenters. The van der Waals surface area contributed by atoms with Crippen molar-refractivity contribution in [1.82, 2.24) is 10.3 Å². The second-order valence-corrected chi connectivity index (χ2v) is 8.18. The molecule has 0 aliphatic carbocycles. The highest BCUT2D eigenvalue weighted by atomic mass is 19.1. The van der Waals surface area contributed by atoms with E-state index in [2.05, 4.69) is 10.3 Å². The van der Waals surface area contributed by atoms with E-state index in [1.54, 1.807) is 37.9 Å². The van der Waals surface area contributed by atoms with E-state index in [4.69, 9.17) is 16.0 Å². The number of amides is 2. The Morgan fingerprint density at radius 3 is 2.63 bits per heavy atom. The van der Waals surface area contributed by atoms with Gasteiger partial charge in [0.05, 0.1) is 24.5 Å². The molecule has 1 aromatic rings. The first kappa shape index (κ1) is 21.5. The number of cyclic esters (lactones) is 1. The van der Waals surface area contributed by atoms with Gasteiger partial charge >= 0.3 is 12.2 Å². The van der Waals surface area contributed by atoms with E-state index in [0.717, 1.165) is 0 Å². The average Bonchev–Trinajstić information content (AvgIpc) is 3.06. The van der Waals surface area contributed by atoms with Crippen molar-refractivity contribution < 1.29 is 23.5 Å². The zero-order valence-electron chi connectivity index (χ0n) is 17.4. The van der Waals surface area contributed by atoms with Crippen LogP contribution in [-0.2, 0) is 9.47 Å². The summed E-state index contributed by atoms with van der Waals surface area (Å²) in [7, 11) is 0. The first-order chi connectivity index (χ1) is 14.2. The Morgan fingerprint density at radius 1 is 1.33 bits per heavy atom. The molecule has 2 aliphatic rings. The van der Waals surface area contributed by atoms with Crippen LogP contribution in [0.25, 0.3) is 4.95 Å². The summed E-state index contributed by atoms with van der Waals surface area (Å²) in [6.45, 7) is 14.8. The lowest BCUT2D eigenvalue weighted by atomic mass is 10.2.